The molecule has 0 atom stereocenters. The van der Waals surface area contributed by atoms with Crippen LogP contribution < -0.4 is 0 Å². The van der Waals surface area contributed by atoms with Crippen LogP contribution in [0.1, 0.15) is 214 Å². The molecule has 1 rings (SSSR count). The molecule has 57 heavy (non-hydrogen) atoms. The molecule has 0 aromatic heterocycles. The zero-order chi connectivity index (χ0) is 42.3. The van der Waals surface area contributed by atoms with Crippen molar-refractivity contribution >= 4 is 18.5 Å². The lowest BCUT2D eigenvalue weighted by molar-refractivity contribution is -0.132. The van der Waals surface area contributed by atoms with E-state index in [4.69, 9.17) is 4.74 Å². The van der Waals surface area contributed by atoms with Crippen molar-refractivity contribution in [3.8, 4) is 0 Å². The van der Waals surface area contributed by atoms with Crippen LogP contribution in [0.15, 0.2) is 0 Å². The van der Waals surface area contributed by atoms with Crippen LogP contribution in [0.4, 0.5) is 0 Å². The summed E-state index contributed by atoms with van der Waals surface area (Å²) in [4.78, 5) is 42.1. The van der Waals surface area contributed by atoms with E-state index < -0.39 is 0 Å². The van der Waals surface area contributed by atoms with Gasteiger partial charge in [0.2, 0.25) is 5.91 Å². The number of rotatable bonds is 39. The van der Waals surface area contributed by atoms with Crippen molar-refractivity contribution in [3.63, 3.8) is 0 Å². The average molecular weight is 809 g/mol. The lowest BCUT2D eigenvalue weighted by Gasteiger charge is -2.32. The molecule has 0 aromatic carbocycles. The van der Waals surface area contributed by atoms with Crippen LogP contribution in [0, 0.1) is 0 Å². The number of amides is 1. The minimum Gasteiger partial charge on any atom is -0.385 e. The number of ether oxygens (including phenoxy) is 1. The first-order valence-electron chi connectivity index (χ1n) is 24.7. The first kappa shape index (κ1) is 57.7. The minimum absolute atomic E-state index is 0.194. The summed E-state index contributed by atoms with van der Waals surface area (Å²) in [6.45, 7) is 20.0. The molecule has 340 valence electrons. The maximum atomic E-state index is 11.6. The number of aldehydes is 2. The SMILES string of the molecule is CCCCCCCCCN(CC=O)CCN(CCCCCCCCC)CCCCCCCCC.CCCCCCCOC.CN1CCN(C(=O)CCCC=O)CC1. The third-order valence-corrected chi connectivity index (χ3v) is 11.3. The molecule has 1 heterocycles. The number of nitrogens with zero attached hydrogens (tertiary/aromatic N) is 4. The quantitative estimate of drug-likeness (QED) is 0.0452. The molecule has 0 unspecified atom stereocenters. The first-order chi connectivity index (χ1) is 27.9. The molecule has 0 radical (unpaired) electrons. The Labute approximate surface area is 356 Å². The van der Waals surface area contributed by atoms with Gasteiger partial charge >= 0.3 is 0 Å². The van der Waals surface area contributed by atoms with Gasteiger partial charge in [-0.3, -0.25) is 9.69 Å². The van der Waals surface area contributed by atoms with Gasteiger partial charge in [0.25, 0.3) is 0 Å². The van der Waals surface area contributed by atoms with E-state index in [1.807, 2.05) is 4.90 Å². The number of methoxy groups -OCH3 is 1. The molecule has 0 N–H and O–H groups in total. The summed E-state index contributed by atoms with van der Waals surface area (Å²) >= 11 is 0. The van der Waals surface area contributed by atoms with E-state index in [0.717, 1.165) is 65.0 Å². The van der Waals surface area contributed by atoms with Crippen LogP contribution in [-0.2, 0) is 19.1 Å². The van der Waals surface area contributed by atoms with Crippen LogP contribution in [0.25, 0.3) is 0 Å². The number of unbranched alkanes of at least 4 members (excludes halogenated alkanes) is 23. The zero-order valence-corrected chi connectivity index (χ0v) is 39.4. The fourth-order valence-electron chi connectivity index (χ4n) is 7.30. The largest absolute Gasteiger partial charge is 0.385 e. The van der Waals surface area contributed by atoms with Gasteiger partial charge in [-0.05, 0) is 58.8 Å². The Kier molecular flexibility index (Phi) is 49.7. The normalized spacial score (nSPS) is 13.0. The maximum Gasteiger partial charge on any atom is 0.222 e. The molecule has 1 aliphatic heterocycles. The number of likely N-dealkylation sites (N-methyl/N-ethyl adjacent to an activating group) is 1. The van der Waals surface area contributed by atoms with Crippen molar-refractivity contribution in [1.29, 1.82) is 0 Å². The highest BCUT2D eigenvalue weighted by atomic mass is 16.5. The monoisotopic (exact) mass is 809 g/mol. The summed E-state index contributed by atoms with van der Waals surface area (Å²) in [5.41, 5.74) is 0. The van der Waals surface area contributed by atoms with Gasteiger partial charge in [-0.2, -0.15) is 0 Å². The third-order valence-electron chi connectivity index (χ3n) is 11.3. The summed E-state index contributed by atoms with van der Waals surface area (Å²) in [5.74, 6) is 0.194. The molecule has 0 bridgehead atoms. The standard InChI is InChI=1S/C31H64N2O.C10H18N2O2.C8H18O/c1-4-7-10-13-16-19-22-25-32(26-23-20-17-14-11-8-5-2)28-29-33(30-31-34)27-24-21-18-15-12-9-6-3;1-11-5-7-12(8-6-11)10(14)4-2-3-9-13;1-3-4-5-6-7-8-9-2/h31H,4-30H2,1-3H3;9H,2-8H2,1H3;3-8H2,1-2H3. The Morgan fingerprint density at radius 1 is 0.491 bits per heavy atom. The van der Waals surface area contributed by atoms with Gasteiger partial charge in [-0.25, -0.2) is 0 Å². The van der Waals surface area contributed by atoms with E-state index in [0.29, 0.717) is 25.8 Å². The average Bonchev–Trinajstić information content (AvgIpc) is 3.22. The highest BCUT2D eigenvalue weighted by Crippen LogP contribution is 2.12. The Balaban J connectivity index is 0. The molecule has 0 spiro atoms. The van der Waals surface area contributed by atoms with Crippen LogP contribution in [0.3, 0.4) is 0 Å². The van der Waals surface area contributed by atoms with E-state index in [2.05, 4.69) is 49.4 Å². The second kappa shape index (κ2) is 49.0. The van der Waals surface area contributed by atoms with E-state index in [9.17, 15) is 14.4 Å². The second-order valence-corrected chi connectivity index (χ2v) is 16.8. The lowest BCUT2D eigenvalue weighted by Crippen LogP contribution is -2.47. The van der Waals surface area contributed by atoms with Crippen molar-refractivity contribution < 1.29 is 19.1 Å². The fraction of sp³-hybridized carbons (Fsp3) is 0.939. The molecule has 1 aliphatic rings. The van der Waals surface area contributed by atoms with Crippen LogP contribution in [-0.4, -0.2) is 124 Å². The van der Waals surface area contributed by atoms with Gasteiger partial charge < -0.3 is 29.0 Å². The summed E-state index contributed by atoms with van der Waals surface area (Å²) in [6, 6.07) is 0. The molecule has 0 aromatic rings. The lowest BCUT2D eigenvalue weighted by atomic mass is 10.1. The number of piperazine rings is 1. The third kappa shape index (κ3) is 44.0. The summed E-state index contributed by atoms with van der Waals surface area (Å²) < 4.78 is 4.92. The summed E-state index contributed by atoms with van der Waals surface area (Å²) in [5, 5.41) is 0. The number of hydrogen-bond acceptors (Lipinski definition) is 7. The molecular weight excluding hydrogens is 709 g/mol. The predicted molar refractivity (Wildman–Crippen MR) is 248 cm³/mol. The fourth-order valence-corrected chi connectivity index (χ4v) is 7.30. The number of carbonyl (C=O) groups excluding carboxylic acids is 3. The molecule has 0 aliphatic carbocycles. The van der Waals surface area contributed by atoms with E-state index in [-0.39, 0.29) is 5.91 Å². The molecule has 1 amide bonds. The van der Waals surface area contributed by atoms with Gasteiger partial charge in [-0.1, -0.05) is 169 Å². The van der Waals surface area contributed by atoms with Crippen molar-refractivity contribution in [2.45, 2.75) is 214 Å². The molecule has 8 nitrogen and oxygen atoms in total. The second-order valence-electron chi connectivity index (χ2n) is 16.8. The molecule has 1 saturated heterocycles. The van der Waals surface area contributed by atoms with Gasteiger partial charge in [0, 0.05) is 65.8 Å². The highest BCUT2D eigenvalue weighted by Gasteiger charge is 2.18. The van der Waals surface area contributed by atoms with Crippen molar-refractivity contribution in [2.75, 3.05) is 86.2 Å². The minimum atomic E-state index is 0.194. The van der Waals surface area contributed by atoms with Crippen molar-refractivity contribution in [2.24, 2.45) is 0 Å². The van der Waals surface area contributed by atoms with Crippen molar-refractivity contribution in [1.82, 2.24) is 19.6 Å². The van der Waals surface area contributed by atoms with Gasteiger partial charge in [0.05, 0.1) is 6.54 Å². The number of hydrogen-bond donors (Lipinski definition) is 0. The predicted octanol–water partition coefficient (Wildman–Crippen LogP) is 11.8. The van der Waals surface area contributed by atoms with Crippen molar-refractivity contribution in [3.05, 3.63) is 0 Å². The van der Waals surface area contributed by atoms with E-state index >= 15 is 0 Å². The van der Waals surface area contributed by atoms with E-state index in [1.165, 1.54) is 180 Å². The molecular formula is C49H100N4O4. The smallest absolute Gasteiger partial charge is 0.222 e. The van der Waals surface area contributed by atoms with Crippen LogP contribution in [0.5, 0.6) is 0 Å². The van der Waals surface area contributed by atoms with Crippen LogP contribution >= 0.6 is 0 Å². The highest BCUT2D eigenvalue weighted by molar-refractivity contribution is 5.76. The Hall–Kier alpha value is -1.35. The Morgan fingerprint density at radius 3 is 1.28 bits per heavy atom. The summed E-state index contributed by atoms with van der Waals surface area (Å²) in [7, 11) is 3.83. The van der Waals surface area contributed by atoms with Gasteiger partial charge in [0.15, 0.2) is 0 Å². The summed E-state index contributed by atoms with van der Waals surface area (Å²) in [6.07, 6.45) is 39.1. The Morgan fingerprint density at radius 2 is 0.877 bits per heavy atom. The van der Waals surface area contributed by atoms with E-state index in [1.54, 1.807) is 7.11 Å². The Bertz CT molecular complexity index is 784. The molecule has 1 fully saturated rings. The topological polar surface area (TPSA) is 73.4 Å². The van der Waals surface area contributed by atoms with Gasteiger partial charge in [0.1, 0.15) is 12.6 Å². The zero-order valence-electron chi connectivity index (χ0n) is 39.4. The number of carbonyl (C=O) groups is 3. The first-order valence-corrected chi connectivity index (χ1v) is 24.7. The molecule has 0 saturated carbocycles. The molecule has 8 heteroatoms. The van der Waals surface area contributed by atoms with Gasteiger partial charge in [-0.15, -0.1) is 0 Å². The van der Waals surface area contributed by atoms with Crippen LogP contribution in [0.2, 0.25) is 0 Å². The maximum absolute atomic E-state index is 11.6.